The van der Waals surface area contributed by atoms with Gasteiger partial charge in [-0.25, -0.2) is 4.79 Å². The summed E-state index contributed by atoms with van der Waals surface area (Å²) in [6.07, 6.45) is -0.0407. The molecule has 1 aliphatic heterocycles. The lowest BCUT2D eigenvalue weighted by molar-refractivity contribution is -0.0578. The zero-order valence-electron chi connectivity index (χ0n) is 7.19. The molecule has 5 nitrogen and oxygen atoms in total. The zero-order chi connectivity index (χ0) is 9.14. The molecule has 0 saturated carbocycles. The Kier molecular flexibility index (Phi) is 2.88. The molecule has 0 aromatic heterocycles. The van der Waals surface area contributed by atoms with Crippen LogP contribution in [0.25, 0.3) is 0 Å². The number of nitrogens with zero attached hydrogens (tertiary/aromatic N) is 1. The highest BCUT2D eigenvalue weighted by Crippen LogP contribution is 2.09. The summed E-state index contributed by atoms with van der Waals surface area (Å²) in [5.74, 6) is 0. The zero-order valence-corrected chi connectivity index (χ0v) is 7.19. The van der Waals surface area contributed by atoms with E-state index in [1.807, 2.05) is 6.92 Å². The van der Waals surface area contributed by atoms with Crippen LogP contribution >= 0.6 is 0 Å². The van der Waals surface area contributed by atoms with Crippen LogP contribution in [-0.4, -0.2) is 42.8 Å². The third-order valence-electron chi connectivity index (χ3n) is 1.90. The number of rotatable bonds is 1. The van der Waals surface area contributed by atoms with Crippen molar-refractivity contribution in [3.63, 3.8) is 0 Å². The molecule has 4 N–H and O–H groups in total. The Morgan fingerprint density at radius 2 is 2.33 bits per heavy atom. The van der Waals surface area contributed by atoms with Gasteiger partial charge in [0.1, 0.15) is 0 Å². The maximum absolute atomic E-state index is 10.8. The fraction of sp³-hybridized carbons (Fsp3) is 0.857. The Morgan fingerprint density at radius 3 is 2.83 bits per heavy atom. The standard InChI is InChI=1S/C7H15N3O2/c1-5-3-10(7(9)11)4-6(2-8)12-5/h5-6H,2-4,8H2,1H3,(H2,9,11). The SMILES string of the molecule is CC1CN(C(N)=O)CC(CN)O1. The van der Waals surface area contributed by atoms with Gasteiger partial charge in [-0.05, 0) is 6.92 Å². The molecule has 0 spiro atoms. The van der Waals surface area contributed by atoms with Gasteiger partial charge >= 0.3 is 6.03 Å². The summed E-state index contributed by atoms with van der Waals surface area (Å²) in [6.45, 7) is 3.40. The Labute approximate surface area is 71.6 Å². The normalized spacial score (nSPS) is 30.3. The number of morpholine rings is 1. The summed E-state index contributed by atoms with van der Waals surface area (Å²) in [6, 6.07) is -0.399. The van der Waals surface area contributed by atoms with E-state index in [9.17, 15) is 4.79 Å². The van der Waals surface area contributed by atoms with E-state index < -0.39 is 6.03 Å². The Hall–Kier alpha value is -0.810. The van der Waals surface area contributed by atoms with Crippen LogP contribution in [0.2, 0.25) is 0 Å². The van der Waals surface area contributed by atoms with Crippen LogP contribution in [-0.2, 0) is 4.74 Å². The van der Waals surface area contributed by atoms with Crippen molar-refractivity contribution in [2.75, 3.05) is 19.6 Å². The first-order valence-corrected chi connectivity index (χ1v) is 4.03. The molecule has 70 valence electrons. The Morgan fingerprint density at radius 1 is 1.67 bits per heavy atom. The molecule has 1 heterocycles. The quantitative estimate of drug-likeness (QED) is 0.540. The second-order valence-corrected chi connectivity index (χ2v) is 3.05. The van der Waals surface area contributed by atoms with Crippen LogP contribution in [0, 0.1) is 0 Å². The number of ether oxygens (including phenoxy) is 1. The minimum Gasteiger partial charge on any atom is -0.370 e. The van der Waals surface area contributed by atoms with Crippen molar-refractivity contribution in [2.24, 2.45) is 11.5 Å². The van der Waals surface area contributed by atoms with E-state index in [0.717, 1.165) is 0 Å². The van der Waals surface area contributed by atoms with Gasteiger partial charge in [0, 0.05) is 19.6 Å². The highest BCUT2D eigenvalue weighted by molar-refractivity contribution is 5.72. The van der Waals surface area contributed by atoms with Crippen LogP contribution < -0.4 is 11.5 Å². The molecule has 1 fully saturated rings. The van der Waals surface area contributed by atoms with Gasteiger partial charge in [0.2, 0.25) is 0 Å². The fourth-order valence-corrected chi connectivity index (χ4v) is 1.36. The fourth-order valence-electron chi connectivity index (χ4n) is 1.36. The largest absolute Gasteiger partial charge is 0.370 e. The topological polar surface area (TPSA) is 81.6 Å². The number of amides is 2. The highest BCUT2D eigenvalue weighted by Gasteiger charge is 2.25. The lowest BCUT2D eigenvalue weighted by Gasteiger charge is -2.35. The van der Waals surface area contributed by atoms with E-state index in [1.165, 1.54) is 0 Å². The summed E-state index contributed by atoms with van der Waals surface area (Å²) in [7, 11) is 0. The van der Waals surface area contributed by atoms with Crippen molar-refractivity contribution in [3.8, 4) is 0 Å². The number of hydrogen-bond acceptors (Lipinski definition) is 3. The molecule has 2 unspecified atom stereocenters. The van der Waals surface area contributed by atoms with E-state index in [2.05, 4.69) is 0 Å². The minimum absolute atomic E-state index is 0.0276. The number of hydrogen-bond donors (Lipinski definition) is 2. The van der Waals surface area contributed by atoms with E-state index in [4.69, 9.17) is 16.2 Å². The van der Waals surface area contributed by atoms with Crippen LogP contribution in [0.1, 0.15) is 6.92 Å². The second kappa shape index (κ2) is 3.73. The van der Waals surface area contributed by atoms with Gasteiger partial charge in [0.25, 0.3) is 0 Å². The van der Waals surface area contributed by atoms with Crippen LogP contribution in [0.4, 0.5) is 4.79 Å². The van der Waals surface area contributed by atoms with Gasteiger partial charge in [-0.2, -0.15) is 0 Å². The summed E-state index contributed by atoms with van der Waals surface area (Å²) in [5, 5.41) is 0. The average molecular weight is 173 g/mol. The molecule has 1 rings (SSSR count). The predicted octanol–water partition coefficient (Wildman–Crippen LogP) is -0.887. The minimum atomic E-state index is -0.399. The van der Waals surface area contributed by atoms with Crippen molar-refractivity contribution in [1.29, 1.82) is 0 Å². The molecule has 1 aliphatic rings. The molecule has 0 radical (unpaired) electrons. The number of urea groups is 1. The van der Waals surface area contributed by atoms with Gasteiger partial charge in [0.15, 0.2) is 0 Å². The average Bonchev–Trinajstić information content (AvgIpc) is 2.03. The second-order valence-electron chi connectivity index (χ2n) is 3.05. The van der Waals surface area contributed by atoms with Gasteiger partial charge in [-0.3, -0.25) is 0 Å². The number of primary amides is 1. The molecule has 0 aliphatic carbocycles. The summed E-state index contributed by atoms with van der Waals surface area (Å²) in [5.41, 5.74) is 10.6. The third kappa shape index (κ3) is 2.09. The van der Waals surface area contributed by atoms with Crippen molar-refractivity contribution in [2.45, 2.75) is 19.1 Å². The molecular formula is C7H15N3O2. The lowest BCUT2D eigenvalue weighted by Crippen LogP contribution is -2.52. The molecule has 5 heteroatoms. The molecule has 0 aromatic rings. The van der Waals surface area contributed by atoms with E-state index in [0.29, 0.717) is 19.6 Å². The van der Waals surface area contributed by atoms with Crippen LogP contribution in [0.15, 0.2) is 0 Å². The third-order valence-corrected chi connectivity index (χ3v) is 1.90. The van der Waals surface area contributed by atoms with Gasteiger partial charge in [0.05, 0.1) is 12.2 Å². The monoisotopic (exact) mass is 173 g/mol. The predicted molar refractivity (Wildman–Crippen MR) is 44.5 cm³/mol. The molecule has 12 heavy (non-hydrogen) atoms. The van der Waals surface area contributed by atoms with Crippen molar-refractivity contribution >= 4 is 6.03 Å². The molecule has 1 saturated heterocycles. The van der Waals surface area contributed by atoms with Crippen LogP contribution in [0.5, 0.6) is 0 Å². The smallest absolute Gasteiger partial charge is 0.314 e. The first-order chi connectivity index (χ1) is 5.63. The lowest BCUT2D eigenvalue weighted by atomic mass is 10.2. The molecule has 0 bridgehead atoms. The van der Waals surface area contributed by atoms with Gasteiger partial charge in [-0.15, -0.1) is 0 Å². The number of carbonyl (C=O) groups excluding carboxylic acids is 1. The van der Waals surface area contributed by atoms with Crippen molar-refractivity contribution in [3.05, 3.63) is 0 Å². The first kappa shape index (κ1) is 9.28. The Balaban J connectivity index is 2.51. The molecule has 2 atom stereocenters. The van der Waals surface area contributed by atoms with Crippen molar-refractivity contribution in [1.82, 2.24) is 4.90 Å². The van der Waals surface area contributed by atoms with Gasteiger partial charge in [-0.1, -0.05) is 0 Å². The van der Waals surface area contributed by atoms with E-state index >= 15 is 0 Å². The first-order valence-electron chi connectivity index (χ1n) is 4.03. The number of carbonyl (C=O) groups is 1. The summed E-state index contributed by atoms with van der Waals surface area (Å²) in [4.78, 5) is 12.4. The Bertz CT molecular complexity index is 174. The van der Waals surface area contributed by atoms with Gasteiger partial charge < -0.3 is 21.1 Å². The molecule has 2 amide bonds. The highest BCUT2D eigenvalue weighted by atomic mass is 16.5. The van der Waals surface area contributed by atoms with E-state index in [-0.39, 0.29) is 12.2 Å². The molecule has 0 aromatic carbocycles. The maximum Gasteiger partial charge on any atom is 0.314 e. The summed E-state index contributed by atoms with van der Waals surface area (Å²) < 4.78 is 5.44. The van der Waals surface area contributed by atoms with Crippen LogP contribution in [0.3, 0.4) is 0 Å². The summed E-state index contributed by atoms with van der Waals surface area (Å²) >= 11 is 0. The maximum atomic E-state index is 10.8. The van der Waals surface area contributed by atoms with Crippen molar-refractivity contribution < 1.29 is 9.53 Å². The molecular weight excluding hydrogens is 158 g/mol. The van der Waals surface area contributed by atoms with E-state index in [1.54, 1.807) is 4.90 Å². The number of nitrogens with two attached hydrogens (primary N) is 2.